The molecule has 1 amide bonds. The van der Waals surface area contributed by atoms with Gasteiger partial charge in [-0.05, 0) is 24.3 Å². The Bertz CT molecular complexity index is 765. The molecule has 0 heterocycles. The Hall–Kier alpha value is -3.42. The third-order valence-electron chi connectivity index (χ3n) is 3.68. The van der Waals surface area contributed by atoms with Crippen LogP contribution in [-0.4, -0.2) is 47.1 Å². The first-order chi connectivity index (χ1) is 13.1. The summed E-state index contributed by atoms with van der Waals surface area (Å²) >= 11 is 0. The Morgan fingerprint density at radius 2 is 1.52 bits per heavy atom. The molecular formula is C19H23N3O5. The number of nitrogens with one attached hydrogen (secondary N) is 2. The van der Waals surface area contributed by atoms with Crippen LogP contribution in [0.3, 0.4) is 0 Å². The Labute approximate surface area is 158 Å². The van der Waals surface area contributed by atoms with Crippen molar-refractivity contribution in [3.63, 3.8) is 0 Å². The zero-order chi connectivity index (χ0) is 19.6. The first-order valence-corrected chi connectivity index (χ1v) is 8.11. The predicted octanol–water partition coefficient (Wildman–Crippen LogP) is 2.28. The van der Waals surface area contributed by atoms with Crippen molar-refractivity contribution in [2.24, 2.45) is 5.10 Å². The second-order valence-corrected chi connectivity index (χ2v) is 5.32. The molecule has 0 saturated carbocycles. The number of nitrogens with zero attached hydrogens (tertiary/aromatic N) is 1. The van der Waals surface area contributed by atoms with Crippen LogP contribution in [0.2, 0.25) is 0 Å². The standard InChI is InChI=1S/C19H23N3O5/c1-24-14-7-5-13(6-8-14)20-12-19(23)22-21-11-16-17(26-3)9-15(25-2)10-18(16)27-4/h5-11,20H,12H2,1-4H3,(H,22,23)/b21-11-. The zero-order valence-electron chi connectivity index (χ0n) is 15.7. The molecule has 2 rings (SSSR count). The third-order valence-corrected chi connectivity index (χ3v) is 3.68. The highest BCUT2D eigenvalue weighted by Crippen LogP contribution is 2.32. The first kappa shape index (κ1) is 19.9. The van der Waals surface area contributed by atoms with E-state index >= 15 is 0 Å². The number of carbonyl (C=O) groups excluding carboxylic acids is 1. The number of hydrazone groups is 1. The van der Waals surface area contributed by atoms with Gasteiger partial charge in [0.05, 0.1) is 46.8 Å². The van der Waals surface area contributed by atoms with E-state index < -0.39 is 0 Å². The number of carbonyl (C=O) groups is 1. The number of hydrogen-bond acceptors (Lipinski definition) is 7. The molecule has 0 radical (unpaired) electrons. The Morgan fingerprint density at radius 3 is 2.04 bits per heavy atom. The molecule has 0 fully saturated rings. The van der Waals surface area contributed by atoms with Crippen molar-refractivity contribution in [2.45, 2.75) is 0 Å². The van der Waals surface area contributed by atoms with E-state index in [1.807, 2.05) is 12.1 Å². The summed E-state index contributed by atoms with van der Waals surface area (Å²) in [7, 11) is 6.21. The van der Waals surface area contributed by atoms with Gasteiger partial charge in [-0.2, -0.15) is 5.10 Å². The van der Waals surface area contributed by atoms with Crippen molar-refractivity contribution in [1.29, 1.82) is 0 Å². The summed E-state index contributed by atoms with van der Waals surface area (Å²) in [6, 6.07) is 10.7. The number of methoxy groups -OCH3 is 4. The van der Waals surface area contributed by atoms with Crippen LogP contribution in [0.25, 0.3) is 0 Å². The molecule has 0 atom stereocenters. The molecule has 0 aliphatic carbocycles. The monoisotopic (exact) mass is 373 g/mol. The van der Waals surface area contributed by atoms with E-state index in [0.717, 1.165) is 11.4 Å². The predicted molar refractivity (Wildman–Crippen MR) is 103 cm³/mol. The number of rotatable bonds is 9. The van der Waals surface area contributed by atoms with Crippen LogP contribution in [0.4, 0.5) is 5.69 Å². The van der Waals surface area contributed by atoms with Crippen molar-refractivity contribution in [1.82, 2.24) is 5.43 Å². The minimum Gasteiger partial charge on any atom is -0.497 e. The van der Waals surface area contributed by atoms with Crippen LogP contribution >= 0.6 is 0 Å². The molecule has 0 bridgehead atoms. The van der Waals surface area contributed by atoms with Gasteiger partial charge in [0.15, 0.2) is 0 Å². The maximum Gasteiger partial charge on any atom is 0.259 e. The van der Waals surface area contributed by atoms with Crippen molar-refractivity contribution >= 4 is 17.8 Å². The van der Waals surface area contributed by atoms with Gasteiger partial charge in [0.1, 0.15) is 23.0 Å². The van der Waals surface area contributed by atoms with Gasteiger partial charge < -0.3 is 24.3 Å². The summed E-state index contributed by atoms with van der Waals surface area (Å²) in [5.41, 5.74) is 3.84. The van der Waals surface area contributed by atoms with Crippen molar-refractivity contribution in [3.05, 3.63) is 42.0 Å². The van der Waals surface area contributed by atoms with E-state index in [1.165, 1.54) is 20.4 Å². The maximum atomic E-state index is 11.9. The Balaban J connectivity index is 1.96. The summed E-state index contributed by atoms with van der Waals surface area (Å²) in [6.45, 7) is 0.0700. The van der Waals surface area contributed by atoms with Gasteiger partial charge in [-0.15, -0.1) is 0 Å². The topological polar surface area (TPSA) is 90.4 Å². The normalized spacial score (nSPS) is 10.4. The molecule has 144 valence electrons. The minimum absolute atomic E-state index is 0.0700. The van der Waals surface area contributed by atoms with Crippen molar-refractivity contribution < 1.29 is 23.7 Å². The van der Waals surface area contributed by atoms with Gasteiger partial charge in [-0.1, -0.05) is 0 Å². The maximum absolute atomic E-state index is 11.9. The smallest absolute Gasteiger partial charge is 0.259 e. The molecule has 27 heavy (non-hydrogen) atoms. The second-order valence-electron chi connectivity index (χ2n) is 5.32. The molecule has 0 unspecified atom stereocenters. The summed E-state index contributed by atoms with van der Waals surface area (Å²) in [4.78, 5) is 11.9. The number of amides is 1. The van der Waals surface area contributed by atoms with Crippen LogP contribution in [0.1, 0.15) is 5.56 Å². The second kappa shape index (κ2) is 9.91. The fraction of sp³-hybridized carbons (Fsp3) is 0.263. The number of hydrogen-bond donors (Lipinski definition) is 2. The molecule has 0 saturated heterocycles. The SMILES string of the molecule is COc1ccc(NCC(=O)N/N=C\c2c(OC)cc(OC)cc2OC)cc1. The highest BCUT2D eigenvalue weighted by molar-refractivity contribution is 5.89. The van der Waals surface area contributed by atoms with Gasteiger partial charge in [-0.3, -0.25) is 4.79 Å². The Morgan fingerprint density at radius 1 is 0.926 bits per heavy atom. The molecule has 8 nitrogen and oxygen atoms in total. The molecule has 2 aromatic carbocycles. The highest BCUT2D eigenvalue weighted by Gasteiger charge is 2.11. The van der Waals surface area contributed by atoms with Crippen molar-refractivity contribution in [3.8, 4) is 23.0 Å². The van der Waals surface area contributed by atoms with E-state index in [-0.39, 0.29) is 12.5 Å². The van der Waals surface area contributed by atoms with Crippen LogP contribution in [-0.2, 0) is 4.79 Å². The van der Waals surface area contributed by atoms with E-state index in [1.54, 1.807) is 38.5 Å². The zero-order valence-corrected chi connectivity index (χ0v) is 15.7. The molecule has 0 aromatic heterocycles. The molecule has 2 N–H and O–H groups in total. The molecule has 8 heteroatoms. The van der Waals surface area contributed by atoms with Gasteiger partial charge in [0, 0.05) is 17.8 Å². The Kier molecular flexibility index (Phi) is 7.30. The fourth-order valence-corrected chi connectivity index (χ4v) is 2.26. The minimum atomic E-state index is -0.298. The van der Waals surface area contributed by atoms with E-state index in [0.29, 0.717) is 22.8 Å². The van der Waals surface area contributed by atoms with Crippen molar-refractivity contribution in [2.75, 3.05) is 40.3 Å². The van der Waals surface area contributed by atoms with E-state index in [9.17, 15) is 4.79 Å². The van der Waals surface area contributed by atoms with E-state index in [2.05, 4.69) is 15.8 Å². The molecule has 0 spiro atoms. The largest absolute Gasteiger partial charge is 0.497 e. The average molecular weight is 373 g/mol. The number of anilines is 1. The lowest BCUT2D eigenvalue weighted by Crippen LogP contribution is -2.25. The summed E-state index contributed by atoms with van der Waals surface area (Å²) in [5, 5.41) is 6.97. The highest BCUT2D eigenvalue weighted by atomic mass is 16.5. The summed E-state index contributed by atoms with van der Waals surface area (Å²) in [6.07, 6.45) is 1.46. The lowest BCUT2D eigenvalue weighted by molar-refractivity contribution is -0.119. The molecule has 0 aliphatic rings. The molecule has 2 aromatic rings. The van der Waals surface area contributed by atoms with Gasteiger partial charge in [0.25, 0.3) is 5.91 Å². The van der Waals surface area contributed by atoms with Gasteiger partial charge in [0.2, 0.25) is 0 Å². The molecular weight excluding hydrogens is 350 g/mol. The van der Waals surface area contributed by atoms with Crippen LogP contribution in [0.15, 0.2) is 41.5 Å². The van der Waals surface area contributed by atoms with Crippen LogP contribution < -0.4 is 29.7 Å². The average Bonchev–Trinajstić information content (AvgIpc) is 2.72. The fourth-order valence-electron chi connectivity index (χ4n) is 2.26. The summed E-state index contributed by atoms with van der Waals surface area (Å²) in [5.74, 6) is 2.07. The quantitative estimate of drug-likeness (QED) is 0.518. The van der Waals surface area contributed by atoms with E-state index in [4.69, 9.17) is 18.9 Å². The van der Waals surface area contributed by atoms with Crippen LogP contribution in [0, 0.1) is 0 Å². The lowest BCUT2D eigenvalue weighted by Gasteiger charge is -2.12. The summed E-state index contributed by atoms with van der Waals surface area (Å²) < 4.78 is 20.9. The first-order valence-electron chi connectivity index (χ1n) is 8.11. The van der Waals surface area contributed by atoms with Gasteiger partial charge in [-0.25, -0.2) is 5.43 Å². The van der Waals surface area contributed by atoms with Gasteiger partial charge >= 0.3 is 0 Å². The molecule has 0 aliphatic heterocycles. The van der Waals surface area contributed by atoms with Crippen LogP contribution in [0.5, 0.6) is 23.0 Å². The number of benzene rings is 2. The lowest BCUT2D eigenvalue weighted by atomic mass is 10.2. The number of ether oxygens (including phenoxy) is 4. The third kappa shape index (κ3) is 5.53.